The maximum atomic E-state index is 12.1. The minimum Gasteiger partial charge on any atom is -0.495 e. The summed E-state index contributed by atoms with van der Waals surface area (Å²) in [5, 5.41) is 0. The highest BCUT2D eigenvalue weighted by Gasteiger charge is 2.17. The lowest BCUT2D eigenvalue weighted by molar-refractivity contribution is 0.148. The van der Waals surface area contributed by atoms with Gasteiger partial charge < -0.3 is 9.47 Å². The van der Waals surface area contributed by atoms with E-state index in [0.717, 1.165) is 5.56 Å². The zero-order valence-electron chi connectivity index (χ0n) is 11.9. The first-order valence-corrected chi connectivity index (χ1v) is 7.19. The minimum atomic E-state index is -0.423. The summed E-state index contributed by atoms with van der Waals surface area (Å²) in [7, 11) is 3.24. The van der Waals surface area contributed by atoms with Crippen LogP contribution in [0.3, 0.4) is 0 Å². The summed E-state index contributed by atoms with van der Waals surface area (Å²) < 4.78 is 11.2. The molecule has 0 fully saturated rings. The topological polar surface area (TPSA) is 38.8 Å². The van der Waals surface area contributed by atoms with Crippen LogP contribution in [0, 0.1) is 0 Å². The number of halogens is 1. The van der Waals surface area contributed by atoms with Gasteiger partial charge >= 0.3 is 6.09 Å². The van der Waals surface area contributed by atoms with Crippen molar-refractivity contribution in [3.8, 4) is 5.75 Å². The minimum absolute atomic E-state index is 0.242. The summed E-state index contributed by atoms with van der Waals surface area (Å²) in [6.45, 7) is 0.242. The van der Waals surface area contributed by atoms with E-state index in [4.69, 9.17) is 9.47 Å². The van der Waals surface area contributed by atoms with Crippen LogP contribution < -0.4 is 9.64 Å². The molecule has 0 aliphatic rings. The molecule has 0 saturated heterocycles. The number of hydrogen-bond acceptors (Lipinski definition) is 3. The van der Waals surface area contributed by atoms with Gasteiger partial charge in [-0.3, -0.25) is 4.90 Å². The predicted molar refractivity (Wildman–Crippen MR) is 85.7 cm³/mol. The quantitative estimate of drug-likeness (QED) is 0.828. The molecule has 0 aliphatic heterocycles. The van der Waals surface area contributed by atoms with Crippen molar-refractivity contribution < 1.29 is 14.3 Å². The average Bonchev–Trinajstić information content (AvgIpc) is 2.53. The number of carbonyl (C=O) groups excluding carboxylic acids is 1. The molecule has 2 aromatic rings. The Morgan fingerprint density at radius 3 is 2.52 bits per heavy atom. The fourth-order valence-corrected chi connectivity index (χ4v) is 2.52. The molecule has 0 spiro atoms. The Labute approximate surface area is 132 Å². The van der Waals surface area contributed by atoms with Crippen LogP contribution in [0.25, 0.3) is 0 Å². The van der Waals surface area contributed by atoms with Gasteiger partial charge in [-0.2, -0.15) is 0 Å². The largest absolute Gasteiger partial charge is 0.495 e. The Hall–Kier alpha value is -2.01. The van der Waals surface area contributed by atoms with Gasteiger partial charge in [0.25, 0.3) is 0 Å². The molecule has 0 unspecified atom stereocenters. The first-order chi connectivity index (χ1) is 10.1. The standard InChI is InChI=1S/C16H16BrNO3/c1-18(13-9-6-10-14(20-2)15(13)17)16(19)21-11-12-7-4-3-5-8-12/h3-10H,11H2,1-2H3. The number of hydrogen-bond donors (Lipinski definition) is 0. The van der Waals surface area contributed by atoms with Gasteiger partial charge in [-0.25, -0.2) is 4.79 Å². The third-order valence-corrected chi connectivity index (χ3v) is 3.80. The lowest BCUT2D eigenvalue weighted by atomic mass is 10.2. The number of rotatable bonds is 4. The molecular formula is C16H16BrNO3. The molecule has 0 heterocycles. The summed E-state index contributed by atoms with van der Waals surface area (Å²) in [5.41, 5.74) is 1.64. The number of anilines is 1. The molecule has 4 nitrogen and oxygen atoms in total. The van der Waals surface area contributed by atoms with E-state index in [1.165, 1.54) is 4.90 Å². The lowest BCUT2D eigenvalue weighted by Crippen LogP contribution is -2.27. The van der Waals surface area contributed by atoms with E-state index in [1.54, 1.807) is 14.2 Å². The third kappa shape index (κ3) is 3.76. The van der Waals surface area contributed by atoms with Crippen LogP contribution in [0.15, 0.2) is 53.0 Å². The summed E-state index contributed by atoms with van der Waals surface area (Å²) in [6, 6.07) is 15.0. The smallest absolute Gasteiger partial charge is 0.414 e. The Kier molecular flexibility index (Phi) is 5.22. The number of benzene rings is 2. The molecule has 0 bridgehead atoms. The Balaban J connectivity index is 2.06. The van der Waals surface area contributed by atoms with Gasteiger partial charge in [0.05, 0.1) is 17.3 Å². The van der Waals surface area contributed by atoms with E-state index in [-0.39, 0.29) is 6.61 Å². The number of methoxy groups -OCH3 is 1. The van der Waals surface area contributed by atoms with E-state index in [9.17, 15) is 4.79 Å². The second-order valence-corrected chi connectivity index (χ2v) is 5.19. The van der Waals surface area contributed by atoms with Crippen molar-refractivity contribution in [1.29, 1.82) is 0 Å². The van der Waals surface area contributed by atoms with Crippen molar-refractivity contribution in [3.63, 3.8) is 0 Å². The van der Waals surface area contributed by atoms with E-state index >= 15 is 0 Å². The first kappa shape index (κ1) is 15.4. The van der Waals surface area contributed by atoms with Gasteiger partial charge in [-0.05, 0) is 33.6 Å². The fraction of sp³-hybridized carbons (Fsp3) is 0.188. The molecule has 0 aliphatic carbocycles. The lowest BCUT2D eigenvalue weighted by Gasteiger charge is -2.19. The third-order valence-electron chi connectivity index (χ3n) is 3.00. The number of nitrogens with zero attached hydrogens (tertiary/aromatic N) is 1. The zero-order chi connectivity index (χ0) is 15.2. The second-order valence-electron chi connectivity index (χ2n) is 4.39. The molecule has 0 aromatic heterocycles. The van der Waals surface area contributed by atoms with E-state index < -0.39 is 6.09 Å². The van der Waals surface area contributed by atoms with Crippen LogP contribution >= 0.6 is 15.9 Å². The number of carbonyl (C=O) groups is 1. The van der Waals surface area contributed by atoms with Crippen LogP contribution in [-0.4, -0.2) is 20.3 Å². The van der Waals surface area contributed by atoms with Gasteiger partial charge in [0.2, 0.25) is 0 Å². The number of ether oxygens (including phenoxy) is 2. The van der Waals surface area contributed by atoms with Crippen LogP contribution in [0.5, 0.6) is 5.75 Å². The molecule has 2 aromatic carbocycles. The summed E-state index contributed by atoms with van der Waals surface area (Å²) in [5.74, 6) is 0.662. The number of amides is 1. The van der Waals surface area contributed by atoms with Gasteiger partial charge in [0, 0.05) is 7.05 Å². The highest BCUT2D eigenvalue weighted by molar-refractivity contribution is 9.10. The SMILES string of the molecule is COc1cccc(N(C)C(=O)OCc2ccccc2)c1Br. The van der Waals surface area contributed by atoms with Gasteiger partial charge in [-0.1, -0.05) is 36.4 Å². The summed E-state index contributed by atoms with van der Waals surface area (Å²) >= 11 is 3.43. The fourth-order valence-electron chi connectivity index (χ4n) is 1.83. The first-order valence-electron chi connectivity index (χ1n) is 6.40. The van der Waals surface area contributed by atoms with Crippen LogP contribution in [-0.2, 0) is 11.3 Å². The van der Waals surface area contributed by atoms with Gasteiger partial charge in [0.1, 0.15) is 12.4 Å². The highest BCUT2D eigenvalue weighted by atomic mass is 79.9. The molecule has 0 N–H and O–H groups in total. The van der Waals surface area contributed by atoms with Crippen LogP contribution in [0.1, 0.15) is 5.56 Å². The van der Waals surface area contributed by atoms with E-state index in [1.807, 2.05) is 48.5 Å². The summed E-state index contributed by atoms with van der Waals surface area (Å²) in [4.78, 5) is 13.6. The van der Waals surface area contributed by atoms with Crippen molar-refractivity contribution in [3.05, 3.63) is 58.6 Å². The van der Waals surface area contributed by atoms with E-state index in [0.29, 0.717) is 15.9 Å². The average molecular weight is 350 g/mol. The monoisotopic (exact) mass is 349 g/mol. The zero-order valence-corrected chi connectivity index (χ0v) is 13.5. The molecule has 0 atom stereocenters. The van der Waals surface area contributed by atoms with Crippen LogP contribution in [0.2, 0.25) is 0 Å². The van der Waals surface area contributed by atoms with Crippen molar-refractivity contribution in [1.82, 2.24) is 0 Å². The van der Waals surface area contributed by atoms with Gasteiger partial charge in [-0.15, -0.1) is 0 Å². The Morgan fingerprint density at radius 1 is 1.14 bits per heavy atom. The van der Waals surface area contributed by atoms with Crippen molar-refractivity contribution >= 4 is 27.7 Å². The Bertz CT molecular complexity index is 616. The maximum absolute atomic E-state index is 12.1. The maximum Gasteiger partial charge on any atom is 0.414 e. The molecule has 21 heavy (non-hydrogen) atoms. The molecule has 2 rings (SSSR count). The Morgan fingerprint density at radius 2 is 1.86 bits per heavy atom. The van der Waals surface area contributed by atoms with Crippen molar-refractivity contribution in [2.75, 3.05) is 19.1 Å². The predicted octanol–water partition coefficient (Wildman–Crippen LogP) is 4.23. The molecule has 0 radical (unpaired) electrons. The van der Waals surface area contributed by atoms with E-state index in [2.05, 4.69) is 15.9 Å². The normalized spacial score (nSPS) is 10.0. The highest BCUT2D eigenvalue weighted by Crippen LogP contribution is 2.34. The van der Waals surface area contributed by atoms with Crippen molar-refractivity contribution in [2.24, 2.45) is 0 Å². The van der Waals surface area contributed by atoms with Crippen LogP contribution in [0.4, 0.5) is 10.5 Å². The molecular weight excluding hydrogens is 334 g/mol. The van der Waals surface area contributed by atoms with Crippen molar-refractivity contribution in [2.45, 2.75) is 6.61 Å². The molecule has 1 amide bonds. The molecule has 110 valence electrons. The van der Waals surface area contributed by atoms with Gasteiger partial charge in [0.15, 0.2) is 0 Å². The summed E-state index contributed by atoms with van der Waals surface area (Å²) in [6.07, 6.45) is -0.423. The molecule has 0 saturated carbocycles. The second kappa shape index (κ2) is 7.13. The molecule has 5 heteroatoms.